The number of aromatic nitrogens is 4. The van der Waals surface area contributed by atoms with Gasteiger partial charge >= 0.3 is 0 Å². The van der Waals surface area contributed by atoms with Crippen LogP contribution >= 0.6 is 11.6 Å². The SMILES string of the molecule is N#CC1(CNc2cccc(-c3cc(Nc4cnn(Cc5ccc(C(=O)Nc6ccccc6N)cc5)c4)ncc3Cl)n2)CCOCC1. The molecule has 1 saturated heterocycles. The van der Waals surface area contributed by atoms with Crippen molar-refractivity contribution in [3.8, 4) is 17.3 Å². The van der Waals surface area contributed by atoms with Crippen molar-refractivity contribution in [1.29, 1.82) is 5.26 Å². The molecule has 0 radical (unpaired) electrons. The Hall–Kier alpha value is -5.44. The monoisotopic (exact) mass is 633 g/mol. The third kappa shape index (κ3) is 7.26. The Balaban J connectivity index is 1.08. The summed E-state index contributed by atoms with van der Waals surface area (Å²) in [6.45, 7) is 2.18. The summed E-state index contributed by atoms with van der Waals surface area (Å²) >= 11 is 6.55. The van der Waals surface area contributed by atoms with Gasteiger partial charge in [-0.05, 0) is 60.9 Å². The summed E-state index contributed by atoms with van der Waals surface area (Å²) in [4.78, 5) is 21.8. The van der Waals surface area contributed by atoms with E-state index in [1.807, 2.05) is 54.7 Å². The van der Waals surface area contributed by atoms with Crippen LogP contribution < -0.4 is 21.7 Å². The maximum absolute atomic E-state index is 12.6. The maximum atomic E-state index is 12.6. The number of rotatable bonds is 10. The first kappa shape index (κ1) is 30.6. The van der Waals surface area contributed by atoms with E-state index >= 15 is 0 Å². The van der Waals surface area contributed by atoms with Crippen molar-refractivity contribution in [3.63, 3.8) is 0 Å². The number of nitriles is 1. The first-order chi connectivity index (χ1) is 22.4. The highest BCUT2D eigenvalue weighted by molar-refractivity contribution is 6.33. The van der Waals surface area contributed by atoms with Crippen LogP contribution in [-0.4, -0.2) is 45.4 Å². The van der Waals surface area contributed by atoms with Crippen LogP contribution in [0.2, 0.25) is 5.02 Å². The van der Waals surface area contributed by atoms with Crippen LogP contribution in [0.4, 0.5) is 28.7 Å². The van der Waals surface area contributed by atoms with E-state index in [4.69, 9.17) is 27.1 Å². The molecule has 6 rings (SSSR count). The second-order valence-electron chi connectivity index (χ2n) is 11.1. The zero-order chi connectivity index (χ0) is 31.9. The molecule has 46 heavy (non-hydrogen) atoms. The van der Waals surface area contributed by atoms with Crippen molar-refractivity contribution in [1.82, 2.24) is 19.7 Å². The lowest BCUT2D eigenvalue weighted by atomic mass is 9.82. The summed E-state index contributed by atoms with van der Waals surface area (Å²) in [6, 6.07) is 24.5. The first-order valence-corrected chi connectivity index (χ1v) is 15.2. The lowest BCUT2D eigenvalue weighted by Gasteiger charge is -2.30. The minimum Gasteiger partial charge on any atom is -0.397 e. The average molecular weight is 634 g/mol. The molecule has 11 nitrogen and oxygen atoms in total. The Morgan fingerprint density at radius 2 is 1.85 bits per heavy atom. The van der Waals surface area contributed by atoms with Crippen LogP contribution in [0.5, 0.6) is 0 Å². The van der Waals surface area contributed by atoms with Crippen molar-refractivity contribution in [2.45, 2.75) is 19.4 Å². The van der Waals surface area contributed by atoms with Crippen LogP contribution in [-0.2, 0) is 11.3 Å². The highest BCUT2D eigenvalue weighted by atomic mass is 35.5. The number of anilines is 5. The highest BCUT2D eigenvalue weighted by Gasteiger charge is 2.32. The Labute approximate surface area is 271 Å². The molecule has 4 heterocycles. The summed E-state index contributed by atoms with van der Waals surface area (Å²) < 4.78 is 7.23. The molecular formula is C34H32ClN9O2. The number of carbonyl (C=O) groups excluding carboxylic acids is 1. The Morgan fingerprint density at radius 3 is 2.63 bits per heavy atom. The van der Waals surface area contributed by atoms with Gasteiger partial charge in [0, 0.05) is 43.3 Å². The third-order valence-electron chi connectivity index (χ3n) is 7.85. The van der Waals surface area contributed by atoms with Crippen molar-refractivity contribution in [2.24, 2.45) is 5.41 Å². The molecule has 0 aliphatic carbocycles. The molecule has 1 aliphatic heterocycles. The number of benzene rings is 2. The predicted octanol–water partition coefficient (Wildman–Crippen LogP) is 6.35. The van der Waals surface area contributed by atoms with E-state index < -0.39 is 5.41 Å². The lowest BCUT2D eigenvalue weighted by Crippen LogP contribution is -2.34. The molecule has 1 aliphatic rings. The fourth-order valence-corrected chi connectivity index (χ4v) is 5.35. The predicted molar refractivity (Wildman–Crippen MR) is 179 cm³/mol. The molecular weight excluding hydrogens is 602 g/mol. The number of nitrogens with one attached hydrogen (secondary N) is 3. The molecule has 2 aromatic carbocycles. The number of nitrogen functional groups attached to an aromatic ring is 1. The molecule has 1 fully saturated rings. The van der Waals surface area contributed by atoms with Gasteiger partial charge in [0.05, 0.1) is 52.0 Å². The zero-order valence-electron chi connectivity index (χ0n) is 24.9. The van der Waals surface area contributed by atoms with E-state index in [0.717, 1.165) is 16.8 Å². The van der Waals surface area contributed by atoms with E-state index in [9.17, 15) is 10.1 Å². The van der Waals surface area contributed by atoms with Crippen LogP contribution in [0.3, 0.4) is 0 Å². The van der Waals surface area contributed by atoms with Gasteiger partial charge in [0.15, 0.2) is 0 Å². The van der Waals surface area contributed by atoms with E-state index in [1.54, 1.807) is 41.3 Å². The minimum atomic E-state index is -0.469. The van der Waals surface area contributed by atoms with Crippen molar-refractivity contribution >= 4 is 46.2 Å². The van der Waals surface area contributed by atoms with E-state index in [0.29, 0.717) is 78.4 Å². The molecule has 0 spiro atoms. The van der Waals surface area contributed by atoms with E-state index in [-0.39, 0.29) is 5.91 Å². The number of amides is 1. The van der Waals surface area contributed by atoms with Crippen LogP contribution in [0, 0.1) is 16.7 Å². The van der Waals surface area contributed by atoms with Gasteiger partial charge in [-0.3, -0.25) is 9.48 Å². The standard InChI is InChI=1S/C34H32ClN9O2/c35-27-18-38-32(16-26(27)29-6-3-7-31(42-29)39-22-34(21-36)12-14-46-15-13-34)41-25-17-40-44(20-25)19-23-8-10-24(11-9-23)33(45)43-30-5-2-1-4-28(30)37/h1-11,16-18,20H,12-15,19,22,37H2,(H,38,41)(H,39,42)(H,43,45). The molecule has 0 atom stereocenters. The highest BCUT2D eigenvalue weighted by Crippen LogP contribution is 2.32. The first-order valence-electron chi connectivity index (χ1n) is 14.8. The molecule has 0 saturated carbocycles. The van der Waals surface area contributed by atoms with Gasteiger partial charge in [-0.2, -0.15) is 10.4 Å². The molecule has 5 aromatic rings. The quantitative estimate of drug-likeness (QED) is 0.129. The van der Waals surface area contributed by atoms with Gasteiger partial charge in [0.1, 0.15) is 11.6 Å². The fraction of sp³-hybridized carbons (Fsp3) is 0.206. The Morgan fingerprint density at radius 1 is 1.04 bits per heavy atom. The van der Waals surface area contributed by atoms with Gasteiger partial charge in [-0.15, -0.1) is 0 Å². The Kier molecular flexibility index (Phi) is 9.10. The second kappa shape index (κ2) is 13.7. The molecule has 0 bridgehead atoms. The third-order valence-corrected chi connectivity index (χ3v) is 8.15. The van der Waals surface area contributed by atoms with Gasteiger partial charge in [-0.1, -0.05) is 41.9 Å². The molecule has 12 heteroatoms. The maximum Gasteiger partial charge on any atom is 0.255 e. The number of nitrogens with two attached hydrogens (primary N) is 1. The average Bonchev–Trinajstić information content (AvgIpc) is 3.53. The van der Waals surface area contributed by atoms with Gasteiger partial charge < -0.3 is 26.4 Å². The summed E-state index contributed by atoms with van der Waals surface area (Å²) in [7, 11) is 0. The number of pyridine rings is 2. The zero-order valence-corrected chi connectivity index (χ0v) is 25.7. The second-order valence-corrected chi connectivity index (χ2v) is 11.5. The largest absolute Gasteiger partial charge is 0.397 e. The number of nitrogens with zero attached hydrogens (tertiary/aromatic N) is 5. The molecule has 1 amide bonds. The number of halogens is 1. The van der Waals surface area contributed by atoms with E-state index in [1.165, 1.54) is 0 Å². The molecule has 3 aromatic heterocycles. The topological polar surface area (TPSA) is 156 Å². The number of ether oxygens (including phenoxy) is 1. The fourth-order valence-electron chi connectivity index (χ4n) is 5.15. The summed E-state index contributed by atoms with van der Waals surface area (Å²) in [5.74, 6) is 1.02. The van der Waals surface area contributed by atoms with Gasteiger partial charge in [0.2, 0.25) is 0 Å². The van der Waals surface area contributed by atoms with Crippen LogP contribution in [0.1, 0.15) is 28.8 Å². The van der Waals surface area contributed by atoms with Crippen molar-refractivity contribution < 1.29 is 9.53 Å². The number of hydrogen-bond acceptors (Lipinski definition) is 9. The lowest BCUT2D eigenvalue weighted by molar-refractivity contribution is 0.0455. The summed E-state index contributed by atoms with van der Waals surface area (Å²) in [5, 5.41) is 24.2. The number of para-hydroxylation sites is 2. The van der Waals surface area contributed by atoms with Gasteiger partial charge in [0.25, 0.3) is 5.91 Å². The van der Waals surface area contributed by atoms with Gasteiger partial charge in [-0.25, -0.2) is 9.97 Å². The van der Waals surface area contributed by atoms with E-state index in [2.05, 4.69) is 32.1 Å². The minimum absolute atomic E-state index is 0.231. The molecule has 5 N–H and O–H groups in total. The van der Waals surface area contributed by atoms with Crippen LogP contribution in [0.25, 0.3) is 11.3 Å². The van der Waals surface area contributed by atoms with Crippen molar-refractivity contribution in [2.75, 3.05) is 41.4 Å². The van der Waals surface area contributed by atoms with Crippen LogP contribution in [0.15, 0.2) is 91.4 Å². The van der Waals surface area contributed by atoms with Crippen molar-refractivity contribution in [3.05, 3.63) is 108 Å². The number of carbonyl (C=O) groups is 1. The normalized spacial score (nSPS) is 13.8. The molecule has 232 valence electrons. The molecule has 0 unspecified atom stereocenters. The number of hydrogen-bond donors (Lipinski definition) is 4. The summed E-state index contributed by atoms with van der Waals surface area (Å²) in [6.07, 6.45) is 6.55. The summed E-state index contributed by atoms with van der Waals surface area (Å²) in [5.41, 5.74) is 10.2. The smallest absolute Gasteiger partial charge is 0.255 e. The Bertz CT molecular complexity index is 1880.